The second-order valence-electron chi connectivity index (χ2n) is 8.52. The Labute approximate surface area is 181 Å². The van der Waals surface area contributed by atoms with Gasteiger partial charge in [-0.15, -0.1) is 0 Å². The van der Waals surface area contributed by atoms with Crippen molar-refractivity contribution in [2.75, 3.05) is 26.7 Å². The number of ether oxygens (including phenoxy) is 1. The van der Waals surface area contributed by atoms with Gasteiger partial charge in [0.05, 0.1) is 6.61 Å². The van der Waals surface area contributed by atoms with Crippen LogP contribution in [0.4, 0.5) is 0 Å². The van der Waals surface area contributed by atoms with Gasteiger partial charge in [0.2, 0.25) is 0 Å². The van der Waals surface area contributed by atoms with E-state index >= 15 is 0 Å². The van der Waals surface area contributed by atoms with Crippen LogP contribution < -0.4 is 10.5 Å². The lowest BCUT2D eigenvalue weighted by atomic mass is 9.82. The predicted molar refractivity (Wildman–Crippen MR) is 123 cm³/mol. The van der Waals surface area contributed by atoms with E-state index in [4.69, 9.17) is 10.5 Å². The number of nitrogens with two attached hydrogens (primary N) is 1. The van der Waals surface area contributed by atoms with Gasteiger partial charge in [-0.2, -0.15) is 0 Å². The van der Waals surface area contributed by atoms with E-state index in [0.29, 0.717) is 30.6 Å². The lowest BCUT2D eigenvalue weighted by Crippen LogP contribution is -2.26. The van der Waals surface area contributed by atoms with Crippen molar-refractivity contribution in [3.63, 3.8) is 0 Å². The van der Waals surface area contributed by atoms with Gasteiger partial charge in [-0.3, -0.25) is 4.79 Å². The Kier molecular flexibility index (Phi) is 7.92. The second kappa shape index (κ2) is 10.6. The number of fused-ring (bicyclic) bond motifs is 1. The zero-order chi connectivity index (χ0) is 21.5. The van der Waals surface area contributed by atoms with Crippen LogP contribution in [-0.4, -0.2) is 37.6 Å². The van der Waals surface area contributed by atoms with Gasteiger partial charge in [0, 0.05) is 19.2 Å². The van der Waals surface area contributed by atoms with E-state index in [1.807, 2.05) is 38.2 Å². The average Bonchev–Trinajstić information content (AvgIpc) is 2.79. The van der Waals surface area contributed by atoms with Gasteiger partial charge in [0.1, 0.15) is 5.75 Å². The van der Waals surface area contributed by atoms with E-state index in [2.05, 4.69) is 25.1 Å². The van der Waals surface area contributed by atoms with Crippen LogP contribution in [0.1, 0.15) is 66.1 Å². The van der Waals surface area contributed by atoms with Crippen LogP contribution in [-0.2, 0) is 12.8 Å². The van der Waals surface area contributed by atoms with Crippen LogP contribution in [0, 0.1) is 5.92 Å². The third kappa shape index (κ3) is 5.42. The minimum Gasteiger partial charge on any atom is -0.493 e. The maximum atomic E-state index is 12.4. The molecule has 2 unspecified atom stereocenters. The second-order valence-corrected chi connectivity index (χ2v) is 8.52. The Morgan fingerprint density at radius 2 is 2.03 bits per heavy atom. The van der Waals surface area contributed by atoms with Crippen molar-refractivity contribution in [3.05, 3.63) is 64.7 Å². The van der Waals surface area contributed by atoms with Crippen molar-refractivity contribution in [3.8, 4) is 5.75 Å². The molecule has 2 N–H and O–H groups in total. The van der Waals surface area contributed by atoms with Crippen molar-refractivity contribution >= 4 is 5.91 Å². The lowest BCUT2D eigenvalue weighted by molar-refractivity contribution is 0.0802. The summed E-state index contributed by atoms with van der Waals surface area (Å²) in [6.07, 6.45) is 5.60. The molecule has 4 heteroatoms. The fourth-order valence-corrected chi connectivity index (χ4v) is 4.31. The monoisotopic (exact) mass is 408 g/mol. The summed E-state index contributed by atoms with van der Waals surface area (Å²) in [5.74, 6) is 1.78. The van der Waals surface area contributed by atoms with Gasteiger partial charge in [0.25, 0.3) is 5.91 Å². The third-order valence-corrected chi connectivity index (χ3v) is 6.34. The first-order valence-corrected chi connectivity index (χ1v) is 11.4. The third-order valence-electron chi connectivity index (χ3n) is 6.34. The summed E-state index contributed by atoms with van der Waals surface area (Å²) in [5, 5.41) is 0. The first-order chi connectivity index (χ1) is 14.5. The summed E-state index contributed by atoms with van der Waals surface area (Å²) in [5.41, 5.74) is 11.0. The van der Waals surface area contributed by atoms with E-state index in [9.17, 15) is 4.79 Å². The number of carbonyl (C=O) groups is 1. The Morgan fingerprint density at radius 1 is 1.20 bits per heavy atom. The van der Waals surface area contributed by atoms with Crippen molar-refractivity contribution in [1.82, 2.24) is 4.90 Å². The van der Waals surface area contributed by atoms with Gasteiger partial charge in [-0.1, -0.05) is 37.6 Å². The molecule has 0 heterocycles. The van der Waals surface area contributed by atoms with Crippen LogP contribution in [0.5, 0.6) is 5.75 Å². The minimum absolute atomic E-state index is 0.0317. The fraction of sp³-hybridized carbons (Fsp3) is 0.500. The standard InChI is InChI=1S/C26H36N2O2/c1-4-7-24(17-27)22-13-12-20-14-19(10-11-21(20)15-22)18-30-25-9-6-8-23(16-25)26(29)28(3)5-2/h6,8-9,12-13,15-16,19,24H,4-5,7,10-11,14,17-18,27H2,1-3H3. The maximum absolute atomic E-state index is 12.4. The molecule has 0 aromatic heterocycles. The number of hydrogen-bond donors (Lipinski definition) is 1. The van der Waals surface area contributed by atoms with Crippen molar-refractivity contribution in [2.45, 2.75) is 51.9 Å². The van der Waals surface area contributed by atoms with Crippen LogP contribution in [0.3, 0.4) is 0 Å². The summed E-state index contributed by atoms with van der Waals surface area (Å²) in [7, 11) is 1.82. The average molecular weight is 409 g/mol. The summed E-state index contributed by atoms with van der Waals surface area (Å²) >= 11 is 0. The van der Waals surface area contributed by atoms with Crippen LogP contribution >= 0.6 is 0 Å². The quantitative estimate of drug-likeness (QED) is 0.648. The van der Waals surface area contributed by atoms with Gasteiger partial charge in [0.15, 0.2) is 0 Å². The van der Waals surface area contributed by atoms with E-state index in [1.54, 1.807) is 4.90 Å². The summed E-state index contributed by atoms with van der Waals surface area (Å²) in [6, 6.07) is 14.5. The van der Waals surface area contributed by atoms with Crippen molar-refractivity contribution < 1.29 is 9.53 Å². The topological polar surface area (TPSA) is 55.6 Å². The molecule has 0 saturated heterocycles. The molecule has 3 rings (SSSR count). The van der Waals surface area contributed by atoms with Crippen molar-refractivity contribution in [1.29, 1.82) is 0 Å². The number of carbonyl (C=O) groups excluding carboxylic acids is 1. The summed E-state index contributed by atoms with van der Waals surface area (Å²) in [4.78, 5) is 14.1. The Balaban J connectivity index is 1.60. The van der Waals surface area contributed by atoms with Gasteiger partial charge in [-0.05, 0) is 85.9 Å². The number of amides is 1. The smallest absolute Gasteiger partial charge is 0.253 e. The molecule has 0 radical (unpaired) electrons. The van der Waals surface area contributed by atoms with E-state index in [-0.39, 0.29) is 5.91 Å². The Morgan fingerprint density at radius 3 is 2.77 bits per heavy atom. The largest absolute Gasteiger partial charge is 0.493 e. The molecule has 30 heavy (non-hydrogen) atoms. The number of aryl methyl sites for hydroxylation is 1. The molecule has 162 valence electrons. The molecule has 2 aromatic rings. The number of benzene rings is 2. The van der Waals surface area contributed by atoms with E-state index < -0.39 is 0 Å². The summed E-state index contributed by atoms with van der Waals surface area (Å²) < 4.78 is 6.09. The van der Waals surface area contributed by atoms with Crippen LogP contribution in [0.2, 0.25) is 0 Å². The SMILES string of the molecule is CCCC(CN)c1ccc2c(c1)CCC(COc1cccc(C(=O)N(C)CC)c1)C2. The van der Waals surface area contributed by atoms with E-state index in [1.165, 1.54) is 23.1 Å². The predicted octanol–water partition coefficient (Wildman–Crippen LogP) is 4.80. The first kappa shape index (κ1) is 22.4. The molecule has 2 aromatic carbocycles. The molecule has 1 amide bonds. The molecule has 0 spiro atoms. The number of nitrogens with zero attached hydrogens (tertiary/aromatic N) is 1. The Bertz CT molecular complexity index is 849. The van der Waals surface area contributed by atoms with Crippen LogP contribution in [0.15, 0.2) is 42.5 Å². The lowest BCUT2D eigenvalue weighted by Gasteiger charge is -2.26. The molecule has 0 aliphatic heterocycles. The highest BCUT2D eigenvalue weighted by Gasteiger charge is 2.21. The minimum atomic E-state index is 0.0317. The molecule has 0 fully saturated rings. The number of rotatable bonds is 9. The summed E-state index contributed by atoms with van der Waals surface area (Å²) in [6.45, 7) is 6.29. The highest BCUT2D eigenvalue weighted by molar-refractivity contribution is 5.94. The van der Waals surface area contributed by atoms with Gasteiger partial charge in [-0.25, -0.2) is 0 Å². The molecule has 1 aliphatic rings. The molecule has 0 saturated carbocycles. The molecular weight excluding hydrogens is 372 g/mol. The van der Waals surface area contributed by atoms with Gasteiger partial charge >= 0.3 is 0 Å². The fourth-order valence-electron chi connectivity index (χ4n) is 4.31. The zero-order valence-corrected chi connectivity index (χ0v) is 18.7. The maximum Gasteiger partial charge on any atom is 0.253 e. The van der Waals surface area contributed by atoms with Crippen molar-refractivity contribution in [2.24, 2.45) is 11.7 Å². The molecular formula is C26H36N2O2. The van der Waals surface area contributed by atoms with Crippen LogP contribution in [0.25, 0.3) is 0 Å². The molecule has 4 nitrogen and oxygen atoms in total. The van der Waals surface area contributed by atoms with Gasteiger partial charge < -0.3 is 15.4 Å². The number of hydrogen-bond acceptors (Lipinski definition) is 3. The molecule has 0 bridgehead atoms. The first-order valence-electron chi connectivity index (χ1n) is 11.4. The highest BCUT2D eigenvalue weighted by Crippen LogP contribution is 2.30. The van der Waals surface area contributed by atoms with E-state index in [0.717, 1.165) is 38.0 Å². The normalized spacial score (nSPS) is 16.6. The Hall–Kier alpha value is -2.33. The zero-order valence-electron chi connectivity index (χ0n) is 18.7. The molecule has 1 aliphatic carbocycles. The highest BCUT2D eigenvalue weighted by atomic mass is 16.5. The molecule has 2 atom stereocenters.